The molecular weight excluding hydrogens is 316 g/mol. The molecule has 2 rings (SSSR count). The molecule has 0 radical (unpaired) electrons. The average Bonchev–Trinajstić information content (AvgIpc) is 2.84. The van der Waals surface area contributed by atoms with Gasteiger partial charge in [0.05, 0.1) is 22.5 Å². The van der Waals surface area contributed by atoms with E-state index in [0.29, 0.717) is 11.4 Å². The van der Waals surface area contributed by atoms with Gasteiger partial charge >= 0.3 is 0 Å². The van der Waals surface area contributed by atoms with Gasteiger partial charge in [0, 0.05) is 7.05 Å². The Bertz CT molecular complexity index is 854. The first-order valence-electron chi connectivity index (χ1n) is 5.76. The molecule has 0 aliphatic carbocycles. The van der Waals surface area contributed by atoms with Crippen molar-refractivity contribution in [2.24, 2.45) is 5.14 Å². The molecule has 8 nitrogen and oxygen atoms in total. The molecule has 1 heterocycles. The highest BCUT2D eigenvalue weighted by atomic mass is 32.2. The Morgan fingerprint density at radius 1 is 1.14 bits per heavy atom. The molecule has 0 saturated heterocycles. The summed E-state index contributed by atoms with van der Waals surface area (Å²) in [7, 11) is -6.21. The molecule has 1 aromatic carbocycles. The number of primary sulfonamides is 1. The zero-order valence-electron chi connectivity index (χ0n) is 11.3. The highest BCUT2D eigenvalue weighted by Gasteiger charge is 2.24. The van der Waals surface area contributed by atoms with E-state index < -0.39 is 20.0 Å². The third-order valence-corrected chi connectivity index (χ3v) is 5.78. The van der Waals surface area contributed by atoms with Gasteiger partial charge < -0.3 is 0 Å². The Morgan fingerprint density at radius 2 is 1.71 bits per heavy atom. The fourth-order valence-electron chi connectivity index (χ4n) is 1.73. The van der Waals surface area contributed by atoms with Gasteiger partial charge in [0.2, 0.25) is 10.0 Å². The minimum absolute atomic E-state index is 0.0560. The molecule has 0 spiro atoms. The maximum atomic E-state index is 12.4. The van der Waals surface area contributed by atoms with Crippen molar-refractivity contribution in [1.82, 2.24) is 10.2 Å². The maximum absolute atomic E-state index is 12.4. The summed E-state index contributed by atoms with van der Waals surface area (Å²) >= 11 is 0. The first-order chi connectivity index (χ1) is 9.64. The molecule has 0 bridgehead atoms. The van der Waals surface area contributed by atoms with E-state index in [9.17, 15) is 16.8 Å². The van der Waals surface area contributed by atoms with Crippen molar-refractivity contribution >= 4 is 25.7 Å². The van der Waals surface area contributed by atoms with Crippen molar-refractivity contribution in [3.8, 4) is 0 Å². The second kappa shape index (κ2) is 5.13. The van der Waals surface area contributed by atoms with Crippen LogP contribution in [0.4, 0.5) is 5.69 Å². The number of benzene rings is 1. The molecule has 1 aromatic heterocycles. The largest absolute Gasteiger partial charge is 0.281 e. The van der Waals surface area contributed by atoms with Crippen molar-refractivity contribution in [2.75, 3.05) is 11.4 Å². The Kier molecular flexibility index (Phi) is 3.78. The van der Waals surface area contributed by atoms with Crippen LogP contribution in [0.25, 0.3) is 0 Å². The molecule has 0 amide bonds. The summed E-state index contributed by atoms with van der Waals surface area (Å²) in [5.41, 5.74) is 0.728. The first kappa shape index (κ1) is 15.5. The minimum atomic E-state index is -3.81. The van der Waals surface area contributed by atoms with E-state index in [1.165, 1.54) is 37.5 Å². The third kappa shape index (κ3) is 2.91. The van der Waals surface area contributed by atoms with Gasteiger partial charge in [-0.1, -0.05) is 0 Å². The number of anilines is 1. The number of H-pyrrole nitrogens is 1. The zero-order valence-corrected chi connectivity index (χ0v) is 12.9. The summed E-state index contributed by atoms with van der Waals surface area (Å²) in [5, 5.41) is 11.2. The van der Waals surface area contributed by atoms with Crippen LogP contribution in [0.15, 0.2) is 40.3 Å². The second-order valence-electron chi connectivity index (χ2n) is 4.37. The Morgan fingerprint density at radius 3 is 2.14 bits per heavy atom. The lowest BCUT2D eigenvalue weighted by Gasteiger charge is -2.19. The molecule has 0 aliphatic heterocycles. The lowest BCUT2D eigenvalue weighted by Crippen LogP contribution is -2.26. The summed E-state index contributed by atoms with van der Waals surface area (Å²) in [4.78, 5) is -0.0305. The van der Waals surface area contributed by atoms with Crippen LogP contribution in [-0.2, 0) is 20.0 Å². The predicted molar refractivity (Wildman–Crippen MR) is 76.7 cm³/mol. The molecule has 0 atom stereocenters. The summed E-state index contributed by atoms with van der Waals surface area (Å²) in [5.74, 6) is 0. The number of aryl methyl sites for hydroxylation is 1. The molecule has 0 fully saturated rings. The number of aromatic amines is 1. The Labute approximate surface area is 122 Å². The lowest BCUT2D eigenvalue weighted by molar-refractivity contribution is 0.593. The van der Waals surface area contributed by atoms with Crippen LogP contribution < -0.4 is 9.44 Å². The van der Waals surface area contributed by atoms with Gasteiger partial charge in [0.1, 0.15) is 4.90 Å². The van der Waals surface area contributed by atoms with Gasteiger partial charge in [0.25, 0.3) is 10.0 Å². The molecule has 2 aromatic rings. The average molecular weight is 330 g/mol. The lowest BCUT2D eigenvalue weighted by atomic mass is 10.3. The molecule has 3 N–H and O–H groups in total. The van der Waals surface area contributed by atoms with Crippen LogP contribution in [0.1, 0.15) is 5.69 Å². The molecule has 0 aliphatic rings. The topological polar surface area (TPSA) is 126 Å². The number of hydrogen-bond donors (Lipinski definition) is 2. The van der Waals surface area contributed by atoms with Crippen molar-refractivity contribution < 1.29 is 16.8 Å². The van der Waals surface area contributed by atoms with Crippen molar-refractivity contribution in [1.29, 1.82) is 0 Å². The van der Waals surface area contributed by atoms with Crippen LogP contribution in [0, 0.1) is 6.92 Å². The van der Waals surface area contributed by atoms with Crippen LogP contribution >= 0.6 is 0 Å². The number of nitrogens with two attached hydrogens (primary N) is 1. The Hall–Kier alpha value is -1.91. The Balaban J connectivity index is 2.41. The fraction of sp³-hybridized carbons (Fsp3) is 0.182. The van der Waals surface area contributed by atoms with Gasteiger partial charge in [-0.3, -0.25) is 9.40 Å². The van der Waals surface area contributed by atoms with Crippen molar-refractivity contribution in [3.63, 3.8) is 0 Å². The summed E-state index contributed by atoms with van der Waals surface area (Å²) < 4.78 is 48.2. The quantitative estimate of drug-likeness (QED) is 0.827. The monoisotopic (exact) mass is 330 g/mol. The SMILES string of the molecule is Cc1[nH]ncc1S(=O)(=O)N(C)c1ccc(S(N)(=O)=O)cc1. The number of nitrogens with one attached hydrogen (secondary N) is 1. The number of aromatic nitrogens is 2. The van der Waals surface area contributed by atoms with Crippen LogP contribution in [0.3, 0.4) is 0 Å². The van der Waals surface area contributed by atoms with E-state index in [0.717, 1.165) is 4.31 Å². The van der Waals surface area contributed by atoms with Gasteiger partial charge in [-0.15, -0.1) is 0 Å². The van der Waals surface area contributed by atoms with Gasteiger partial charge in [-0.05, 0) is 31.2 Å². The van der Waals surface area contributed by atoms with Crippen LogP contribution in [0.2, 0.25) is 0 Å². The standard InChI is InChI=1S/C11H14N4O4S2/c1-8-11(7-13-14-8)21(18,19)15(2)9-3-5-10(6-4-9)20(12,16)17/h3-7H,1-2H3,(H,13,14)(H2,12,16,17). The van der Waals surface area contributed by atoms with Crippen LogP contribution in [0.5, 0.6) is 0 Å². The van der Waals surface area contributed by atoms with Crippen molar-refractivity contribution in [2.45, 2.75) is 16.7 Å². The number of hydrogen-bond acceptors (Lipinski definition) is 5. The maximum Gasteiger partial charge on any atom is 0.267 e. The molecule has 0 unspecified atom stereocenters. The van der Waals surface area contributed by atoms with E-state index in [1.807, 2.05) is 0 Å². The first-order valence-corrected chi connectivity index (χ1v) is 8.74. The van der Waals surface area contributed by atoms with E-state index >= 15 is 0 Å². The number of nitrogens with zero attached hydrogens (tertiary/aromatic N) is 2. The van der Waals surface area contributed by atoms with Gasteiger partial charge in [0.15, 0.2) is 0 Å². The van der Waals surface area contributed by atoms with E-state index in [-0.39, 0.29) is 9.79 Å². The molecule has 114 valence electrons. The predicted octanol–water partition coefficient (Wildman–Crippen LogP) is 0.191. The summed E-state index contributed by atoms with van der Waals surface area (Å²) in [6.45, 7) is 1.60. The highest BCUT2D eigenvalue weighted by molar-refractivity contribution is 7.92. The molecular formula is C11H14N4O4S2. The van der Waals surface area contributed by atoms with E-state index in [1.54, 1.807) is 6.92 Å². The van der Waals surface area contributed by atoms with Crippen molar-refractivity contribution in [3.05, 3.63) is 36.2 Å². The highest BCUT2D eigenvalue weighted by Crippen LogP contribution is 2.24. The van der Waals surface area contributed by atoms with E-state index in [2.05, 4.69) is 10.2 Å². The van der Waals surface area contributed by atoms with Gasteiger partial charge in [-0.2, -0.15) is 5.10 Å². The minimum Gasteiger partial charge on any atom is -0.281 e. The smallest absolute Gasteiger partial charge is 0.267 e. The zero-order chi connectivity index (χ0) is 15.8. The number of rotatable bonds is 4. The number of sulfonamides is 2. The summed E-state index contributed by atoms with van der Waals surface area (Å²) in [6, 6.07) is 5.23. The summed E-state index contributed by atoms with van der Waals surface area (Å²) in [6.07, 6.45) is 1.22. The third-order valence-electron chi connectivity index (χ3n) is 2.95. The normalized spacial score (nSPS) is 12.3. The fourth-order valence-corrected chi connectivity index (χ4v) is 3.56. The van der Waals surface area contributed by atoms with Gasteiger partial charge in [-0.25, -0.2) is 22.0 Å². The van der Waals surface area contributed by atoms with E-state index in [4.69, 9.17) is 5.14 Å². The molecule has 0 saturated carbocycles. The van der Waals surface area contributed by atoms with Crippen LogP contribution in [-0.4, -0.2) is 34.1 Å². The molecule has 21 heavy (non-hydrogen) atoms. The second-order valence-corrected chi connectivity index (χ2v) is 7.87. The molecule has 10 heteroatoms.